The molecule has 2 heterocycles. The van der Waals surface area contributed by atoms with Gasteiger partial charge in [-0.2, -0.15) is 0 Å². The first kappa shape index (κ1) is 12.4. The van der Waals surface area contributed by atoms with Crippen molar-refractivity contribution in [2.45, 2.75) is 45.6 Å². The summed E-state index contributed by atoms with van der Waals surface area (Å²) in [6.45, 7) is 4.77. The van der Waals surface area contributed by atoms with Crippen LogP contribution in [0.2, 0.25) is 0 Å². The average Bonchev–Trinajstić information content (AvgIpc) is 2.29. The number of esters is 1. The summed E-state index contributed by atoms with van der Waals surface area (Å²) in [4.78, 5) is 24.9. The quantitative estimate of drug-likeness (QED) is 0.703. The van der Waals surface area contributed by atoms with Gasteiger partial charge in [-0.3, -0.25) is 9.59 Å². The van der Waals surface area contributed by atoms with Crippen LogP contribution in [0.3, 0.4) is 0 Å². The van der Waals surface area contributed by atoms with Gasteiger partial charge < -0.3 is 9.64 Å². The smallest absolute Gasteiger partial charge is 0.306 e. The summed E-state index contributed by atoms with van der Waals surface area (Å²) in [6, 6.07) is 0.358. The van der Waals surface area contributed by atoms with Crippen LogP contribution in [0.5, 0.6) is 0 Å². The van der Waals surface area contributed by atoms with E-state index in [4.69, 9.17) is 4.74 Å². The Labute approximate surface area is 102 Å². The number of rotatable bonds is 3. The molecule has 3 atom stereocenters. The summed E-state index contributed by atoms with van der Waals surface area (Å²) in [7, 11) is 0. The molecule has 1 amide bonds. The maximum Gasteiger partial charge on any atom is 0.306 e. The van der Waals surface area contributed by atoms with Crippen molar-refractivity contribution in [2.75, 3.05) is 13.2 Å². The third kappa shape index (κ3) is 2.61. The van der Waals surface area contributed by atoms with E-state index in [-0.39, 0.29) is 11.9 Å². The van der Waals surface area contributed by atoms with Gasteiger partial charge in [0, 0.05) is 25.9 Å². The Balaban J connectivity index is 1.92. The highest BCUT2D eigenvalue weighted by atomic mass is 16.5. The molecule has 3 fully saturated rings. The molecule has 2 bridgehead atoms. The van der Waals surface area contributed by atoms with Crippen LogP contribution in [0, 0.1) is 11.8 Å². The Morgan fingerprint density at radius 3 is 2.65 bits per heavy atom. The fourth-order valence-corrected chi connectivity index (χ4v) is 3.30. The second-order valence-corrected chi connectivity index (χ2v) is 5.17. The minimum absolute atomic E-state index is 0.0839. The molecule has 1 saturated carbocycles. The normalized spacial score (nSPS) is 31.4. The maximum absolute atomic E-state index is 11.5. The van der Waals surface area contributed by atoms with Gasteiger partial charge in [-0.15, -0.1) is 0 Å². The van der Waals surface area contributed by atoms with Crippen molar-refractivity contribution in [3.63, 3.8) is 0 Å². The highest BCUT2D eigenvalue weighted by Crippen LogP contribution is 2.40. The molecular formula is C13H21NO3. The number of nitrogens with zero attached hydrogens (tertiary/aromatic N) is 1. The van der Waals surface area contributed by atoms with Gasteiger partial charge in [0.2, 0.25) is 5.91 Å². The van der Waals surface area contributed by atoms with Gasteiger partial charge in [-0.1, -0.05) is 0 Å². The zero-order valence-corrected chi connectivity index (χ0v) is 10.6. The Bertz CT molecular complexity index is 316. The van der Waals surface area contributed by atoms with Gasteiger partial charge in [0.1, 0.15) is 0 Å². The van der Waals surface area contributed by atoms with Gasteiger partial charge in [0.05, 0.1) is 6.61 Å². The van der Waals surface area contributed by atoms with Crippen molar-refractivity contribution in [1.29, 1.82) is 0 Å². The molecule has 3 unspecified atom stereocenters. The first-order valence-electron chi connectivity index (χ1n) is 6.54. The molecule has 3 aliphatic rings. The number of carbonyl (C=O) groups is 2. The highest BCUT2D eigenvalue weighted by molar-refractivity contribution is 5.74. The van der Waals surface area contributed by atoms with E-state index in [1.807, 2.05) is 11.8 Å². The largest absolute Gasteiger partial charge is 0.466 e. The van der Waals surface area contributed by atoms with Gasteiger partial charge in [0.25, 0.3) is 0 Å². The fraction of sp³-hybridized carbons (Fsp3) is 0.846. The lowest BCUT2D eigenvalue weighted by molar-refractivity contribution is -0.147. The molecule has 0 aromatic rings. The fourth-order valence-electron chi connectivity index (χ4n) is 3.30. The molecule has 1 aliphatic carbocycles. The molecule has 0 N–H and O–H groups in total. The third-order valence-corrected chi connectivity index (χ3v) is 4.12. The minimum atomic E-state index is -0.0839. The molecule has 0 spiro atoms. The Morgan fingerprint density at radius 2 is 2.12 bits per heavy atom. The predicted octanol–water partition coefficient (Wildman–Crippen LogP) is 1.59. The van der Waals surface area contributed by atoms with Crippen molar-refractivity contribution in [3.8, 4) is 0 Å². The van der Waals surface area contributed by atoms with Crippen LogP contribution >= 0.6 is 0 Å². The molecule has 4 heteroatoms. The standard InChI is InChI=1S/C13H21NO3/c1-3-17-13(16)7-11-6-12-5-4-10(11)8-14(12)9(2)15/h10-12H,3-8H2,1-2H3. The molecule has 2 aliphatic heterocycles. The minimum Gasteiger partial charge on any atom is -0.466 e. The summed E-state index contributed by atoms with van der Waals surface area (Å²) in [6.07, 6.45) is 3.76. The van der Waals surface area contributed by atoms with Crippen LogP contribution in [0.4, 0.5) is 0 Å². The van der Waals surface area contributed by atoms with Gasteiger partial charge in [-0.05, 0) is 38.0 Å². The molecule has 4 nitrogen and oxygen atoms in total. The van der Waals surface area contributed by atoms with Crippen molar-refractivity contribution >= 4 is 11.9 Å². The topological polar surface area (TPSA) is 46.6 Å². The summed E-state index contributed by atoms with van der Waals surface area (Å²) in [5.41, 5.74) is 0. The number of piperidine rings is 2. The number of hydrogen-bond acceptors (Lipinski definition) is 3. The van der Waals surface area contributed by atoms with Crippen LogP contribution in [0.15, 0.2) is 0 Å². The summed E-state index contributed by atoms with van der Waals surface area (Å²) >= 11 is 0. The van der Waals surface area contributed by atoms with E-state index in [9.17, 15) is 9.59 Å². The SMILES string of the molecule is CCOC(=O)CC1CC2CCC1CN2C(C)=O. The Hall–Kier alpha value is -1.06. The molecule has 2 saturated heterocycles. The van der Waals surface area contributed by atoms with Crippen LogP contribution in [-0.4, -0.2) is 36.0 Å². The molecule has 0 aromatic carbocycles. The molecule has 3 rings (SSSR count). The second kappa shape index (κ2) is 5.07. The zero-order chi connectivity index (χ0) is 12.4. The molecule has 0 radical (unpaired) electrons. The van der Waals surface area contributed by atoms with E-state index in [0.717, 1.165) is 25.8 Å². The van der Waals surface area contributed by atoms with E-state index in [1.165, 1.54) is 0 Å². The molecule has 0 aromatic heterocycles. The van der Waals surface area contributed by atoms with E-state index in [2.05, 4.69) is 0 Å². The lowest BCUT2D eigenvalue weighted by atomic mass is 9.70. The monoisotopic (exact) mass is 239 g/mol. The highest BCUT2D eigenvalue weighted by Gasteiger charge is 2.41. The van der Waals surface area contributed by atoms with Crippen molar-refractivity contribution in [1.82, 2.24) is 4.90 Å². The number of hydrogen-bond donors (Lipinski definition) is 0. The van der Waals surface area contributed by atoms with Crippen LogP contribution < -0.4 is 0 Å². The lowest BCUT2D eigenvalue weighted by Gasteiger charge is -2.49. The van der Waals surface area contributed by atoms with Gasteiger partial charge >= 0.3 is 5.97 Å². The summed E-state index contributed by atoms with van der Waals surface area (Å²) in [5, 5.41) is 0. The third-order valence-electron chi connectivity index (χ3n) is 4.12. The van der Waals surface area contributed by atoms with Crippen molar-refractivity contribution in [2.24, 2.45) is 11.8 Å². The number of carbonyl (C=O) groups excluding carboxylic acids is 2. The van der Waals surface area contributed by atoms with Crippen LogP contribution in [0.25, 0.3) is 0 Å². The van der Waals surface area contributed by atoms with Crippen LogP contribution in [-0.2, 0) is 14.3 Å². The second-order valence-electron chi connectivity index (χ2n) is 5.17. The van der Waals surface area contributed by atoms with Crippen LogP contribution in [0.1, 0.15) is 39.5 Å². The number of amides is 1. The summed E-state index contributed by atoms with van der Waals surface area (Å²) in [5.74, 6) is 1.01. The van der Waals surface area contributed by atoms with E-state index >= 15 is 0 Å². The summed E-state index contributed by atoms with van der Waals surface area (Å²) < 4.78 is 5.01. The van der Waals surface area contributed by atoms with Crippen molar-refractivity contribution < 1.29 is 14.3 Å². The van der Waals surface area contributed by atoms with Gasteiger partial charge in [-0.25, -0.2) is 0 Å². The number of fused-ring (bicyclic) bond motifs is 3. The zero-order valence-electron chi connectivity index (χ0n) is 10.6. The van der Waals surface area contributed by atoms with Gasteiger partial charge in [0.15, 0.2) is 0 Å². The van der Waals surface area contributed by atoms with Crippen molar-refractivity contribution in [3.05, 3.63) is 0 Å². The first-order valence-corrected chi connectivity index (χ1v) is 6.54. The Kier molecular flexibility index (Phi) is 3.69. The van der Waals surface area contributed by atoms with E-state index in [1.54, 1.807) is 6.92 Å². The van der Waals surface area contributed by atoms with E-state index < -0.39 is 0 Å². The average molecular weight is 239 g/mol. The maximum atomic E-state index is 11.5. The molecular weight excluding hydrogens is 218 g/mol. The van der Waals surface area contributed by atoms with E-state index in [0.29, 0.717) is 30.9 Å². The molecule has 17 heavy (non-hydrogen) atoms. The Morgan fingerprint density at radius 1 is 1.35 bits per heavy atom. The number of ether oxygens (including phenoxy) is 1. The first-order chi connectivity index (χ1) is 8.11. The molecule has 96 valence electrons. The predicted molar refractivity (Wildman–Crippen MR) is 63.3 cm³/mol. The lowest BCUT2D eigenvalue weighted by Crippen LogP contribution is -2.53.